The number of hydrogen-bond donors (Lipinski definition) is 1. The van der Waals surface area contributed by atoms with Gasteiger partial charge in [-0.3, -0.25) is 0 Å². The Hall–Kier alpha value is -1.12. The van der Waals surface area contributed by atoms with E-state index in [9.17, 15) is 4.39 Å². The molecule has 0 radical (unpaired) electrons. The third-order valence-electron chi connectivity index (χ3n) is 3.10. The van der Waals surface area contributed by atoms with Crippen molar-refractivity contribution in [1.82, 2.24) is 4.98 Å². The van der Waals surface area contributed by atoms with E-state index in [-0.39, 0.29) is 0 Å². The van der Waals surface area contributed by atoms with Crippen molar-refractivity contribution in [3.8, 4) is 0 Å². The van der Waals surface area contributed by atoms with Crippen molar-refractivity contribution in [2.45, 2.75) is 26.2 Å². The van der Waals surface area contributed by atoms with Crippen molar-refractivity contribution >= 4 is 5.69 Å². The van der Waals surface area contributed by atoms with Crippen LogP contribution in [0.5, 0.6) is 0 Å². The number of hydrogen-bond acceptors (Lipinski definition) is 2. The predicted molar refractivity (Wildman–Crippen MR) is 54.6 cm³/mol. The third-order valence-corrected chi connectivity index (χ3v) is 3.10. The maximum absolute atomic E-state index is 12.7. The van der Waals surface area contributed by atoms with Gasteiger partial charge in [0, 0.05) is 24.5 Å². The van der Waals surface area contributed by atoms with Crippen LogP contribution in [0.2, 0.25) is 0 Å². The smallest absolute Gasteiger partial charge is 0.214 e. The number of halogens is 1. The van der Waals surface area contributed by atoms with E-state index >= 15 is 0 Å². The van der Waals surface area contributed by atoms with Gasteiger partial charge in [0.05, 0.1) is 0 Å². The second-order valence-electron chi connectivity index (χ2n) is 4.07. The topological polar surface area (TPSA) is 24.9 Å². The molecule has 0 unspecified atom stereocenters. The highest BCUT2D eigenvalue weighted by atomic mass is 19.1. The molecule has 2 rings (SSSR count). The van der Waals surface area contributed by atoms with Gasteiger partial charge in [-0.25, -0.2) is 4.98 Å². The number of rotatable bonds is 4. The van der Waals surface area contributed by atoms with Crippen molar-refractivity contribution in [2.75, 3.05) is 11.9 Å². The maximum Gasteiger partial charge on any atom is 0.214 e. The third kappa shape index (κ3) is 2.03. The quantitative estimate of drug-likeness (QED) is 0.745. The fraction of sp³-hybridized carbons (Fsp3) is 0.545. The molecule has 0 bridgehead atoms. The fourth-order valence-electron chi connectivity index (χ4n) is 1.63. The first-order chi connectivity index (χ1) is 6.74. The van der Waals surface area contributed by atoms with Gasteiger partial charge in [-0.2, -0.15) is 4.39 Å². The molecule has 2 nitrogen and oxygen atoms in total. The summed E-state index contributed by atoms with van der Waals surface area (Å²) in [5.74, 6) is -0.420. The van der Waals surface area contributed by atoms with Crippen LogP contribution in [0.15, 0.2) is 18.3 Å². The van der Waals surface area contributed by atoms with Crippen molar-refractivity contribution in [3.05, 3.63) is 24.3 Å². The fourth-order valence-corrected chi connectivity index (χ4v) is 1.63. The molecule has 0 spiro atoms. The molecule has 1 aromatic heterocycles. The van der Waals surface area contributed by atoms with Gasteiger partial charge in [-0.1, -0.05) is 6.92 Å². The van der Waals surface area contributed by atoms with E-state index in [1.165, 1.54) is 31.5 Å². The highest BCUT2D eigenvalue weighted by molar-refractivity contribution is 5.41. The minimum Gasteiger partial charge on any atom is -0.384 e. The summed E-state index contributed by atoms with van der Waals surface area (Å²) in [7, 11) is 0. The van der Waals surface area contributed by atoms with Crippen LogP contribution in [-0.2, 0) is 0 Å². The first kappa shape index (κ1) is 9.44. The van der Waals surface area contributed by atoms with Gasteiger partial charge in [0.15, 0.2) is 0 Å². The molecule has 0 atom stereocenters. The Morgan fingerprint density at radius 3 is 2.93 bits per heavy atom. The average Bonchev–Trinajstić information content (AvgIpc) is 2.96. The molecule has 0 aromatic carbocycles. The molecule has 1 saturated carbocycles. The van der Waals surface area contributed by atoms with E-state index in [0.29, 0.717) is 5.41 Å². The number of anilines is 1. The second-order valence-corrected chi connectivity index (χ2v) is 4.07. The summed E-state index contributed by atoms with van der Waals surface area (Å²) < 4.78 is 12.7. The number of pyridine rings is 1. The van der Waals surface area contributed by atoms with Crippen molar-refractivity contribution in [3.63, 3.8) is 0 Å². The molecule has 1 heterocycles. The van der Waals surface area contributed by atoms with E-state index in [4.69, 9.17) is 0 Å². The summed E-state index contributed by atoms with van der Waals surface area (Å²) in [5, 5.41) is 3.26. The van der Waals surface area contributed by atoms with Crippen LogP contribution in [0.3, 0.4) is 0 Å². The van der Waals surface area contributed by atoms with Crippen molar-refractivity contribution in [1.29, 1.82) is 0 Å². The molecular weight excluding hydrogens is 179 g/mol. The van der Waals surface area contributed by atoms with Crippen LogP contribution >= 0.6 is 0 Å². The van der Waals surface area contributed by atoms with E-state index in [1.54, 1.807) is 6.07 Å². The minimum absolute atomic E-state index is 0.420. The SMILES string of the molecule is CCC1(CNc2ccnc(F)c2)CC1. The zero-order valence-electron chi connectivity index (χ0n) is 8.39. The van der Waals surface area contributed by atoms with E-state index in [2.05, 4.69) is 17.2 Å². The first-order valence-corrected chi connectivity index (χ1v) is 5.10. The normalized spacial score (nSPS) is 17.9. The number of nitrogens with zero attached hydrogens (tertiary/aromatic N) is 1. The monoisotopic (exact) mass is 194 g/mol. The number of nitrogens with one attached hydrogen (secondary N) is 1. The average molecular weight is 194 g/mol. The Labute approximate surface area is 83.6 Å². The summed E-state index contributed by atoms with van der Waals surface area (Å²) in [5.41, 5.74) is 1.32. The Bertz CT molecular complexity index is 321. The number of aromatic nitrogens is 1. The lowest BCUT2D eigenvalue weighted by molar-refractivity contribution is 0.521. The van der Waals surface area contributed by atoms with Crippen LogP contribution in [0.25, 0.3) is 0 Å². The van der Waals surface area contributed by atoms with Crippen LogP contribution < -0.4 is 5.32 Å². The molecule has 1 aliphatic rings. The summed E-state index contributed by atoms with van der Waals surface area (Å²) in [6.45, 7) is 3.16. The second kappa shape index (κ2) is 3.56. The molecule has 0 aliphatic heterocycles. The standard InChI is InChI=1S/C11H15FN2/c1-2-11(4-5-11)8-14-9-3-6-13-10(12)7-9/h3,6-7H,2,4-5,8H2,1H3,(H,13,14). The van der Waals surface area contributed by atoms with Gasteiger partial charge in [0.2, 0.25) is 5.95 Å². The van der Waals surface area contributed by atoms with Crippen LogP contribution in [0.1, 0.15) is 26.2 Å². The van der Waals surface area contributed by atoms with Crippen LogP contribution in [0.4, 0.5) is 10.1 Å². The van der Waals surface area contributed by atoms with Crippen LogP contribution in [0, 0.1) is 11.4 Å². The Balaban J connectivity index is 1.92. The van der Waals surface area contributed by atoms with Gasteiger partial charge in [-0.05, 0) is 30.7 Å². The largest absolute Gasteiger partial charge is 0.384 e. The molecule has 1 aromatic rings. The van der Waals surface area contributed by atoms with Gasteiger partial charge in [-0.15, -0.1) is 0 Å². The summed E-state index contributed by atoms with van der Waals surface area (Å²) in [6, 6.07) is 3.24. The van der Waals surface area contributed by atoms with Gasteiger partial charge in [0.1, 0.15) is 0 Å². The van der Waals surface area contributed by atoms with Gasteiger partial charge < -0.3 is 5.32 Å². The zero-order valence-corrected chi connectivity index (χ0v) is 8.39. The molecular formula is C11H15FN2. The molecule has 0 amide bonds. The zero-order chi connectivity index (χ0) is 10.0. The lowest BCUT2D eigenvalue weighted by Gasteiger charge is -2.14. The molecule has 14 heavy (non-hydrogen) atoms. The van der Waals surface area contributed by atoms with Crippen molar-refractivity contribution < 1.29 is 4.39 Å². The lowest BCUT2D eigenvalue weighted by atomic mass is 10.0. The lowest BCUT2D eigenvalue weighted by Crippen LogP contribution is -2.14. The Morgan fingerprint density at radius 1 is 1.57 bits per heavy atom. The van der Waals surface area contributed by atoms with Gasteiger partial charge >= 0.3 is 0 Å². The molecule has 76 valence electrons. The predicted octanol–water partition coefficient (Wildman–Crippen LogP) is 2.82. The highest BCUT2D eigenvalue weighted by Gasteiger charge is 2.40. The van der Waals surface area contributed by atoms with Gasteiger partial charge in [0.25, 0.3) is 0 Å². The summed E-state index contributed by atoms with van der Waals surface area (Å²) in [6.07, 6.45) is 5.28. The summed E-state index contributed by atoms with van der Waals surface area (Å²) in [4.78, 5) is 3.51. The molecule has 3 heteroatoms. The summed E-state index contributed by atoms with van der Waals surface area (Å²) >= 11 is 0. The van der Waals surface area contributed by atoms with E-state index < -0.39 is 5.95 Å². The molecule has 0 saturated heterocycles. The van der Waals surface area contributed by atoms with Crippen molar-refractivity contribution in [2.24, 2.45) is 5.41 Å². The van der Waals surface area contributed by atoms with Crippen LogP contribution in [-0.4, -0.2) is 11.5 Å². The molecule has 1 N–H and O–H groups in total. The highest BCUT2D eigenvalue weighted by Crippen LogP contribution is 2.48. The molecule has 1 aliphatic carbocycles. The van der Waals surface area contributed by atoms with E-state index in [1.807, 2.05) is 0 Å². The maximum atomic E-state index is 12.7. The Kier molecular flexibility index (Phi) is 2.40. The molecule has 1 fully saturated rings. The first-order valence-electron chi connectivity index (χ1n) is 5.10. The Morgan fingerprint density at radius 2 is 2.36 bits per heavy atom. The van der Waals surface area contributed by atoms with E-state index in [0.717, 1.165) is 12.2 Å². The minimum atomic E-state index is -0.420.